The van der Waals surface area contributed by atoms with Crippen LogP contribution in [0.5, 0.6) is 0 Å². The SMILES string of the molecule is C=CCN1CCSCC1. The van der Waals surface area contributed by atoms with Gasteiger partial charge in [0.25, 0.3) is 0 Å². The smallest absolute Gasteiger partial charge is 0.0161 e. The highest BCUT2D eigenvalue weighted by Gasteiger charge is 2.06. The Morgan fingerprint density at radius 1 is 1.44 bits per heavy atom. The lowest BCUT2D eigenvalue weighted by molar-refractivity contribution is 0.336. The molecule has 2 heteroatoms. The van der Waals surface area contributed by atoms with Crippen LogP contribution in [0.1, 0.15) is 0 Å². The van der Waals surface area contributed by atoms with Gasteiger partial charge in [0.15, 0.2) is 0 Å². The molecule has 0 unspecified atom stereocenters. The Balaban J connectivity index is 2.15. The molecule has 0 aromatic heterocycles. The van der Waals surface area contributed by atoms with Crippen LogP contribution in [0.4, 0.5) is 0 Å². The number of nitrogens with zero attached hydrogens (tertiary/aromatic N) is 1. The monoisotopic (exact) mass is 143 g/mol. The van der Waals surface area contributed by atoms with Crippen molar-refractivity contribution >= 4 is 11.8 Å². The maximum Gasteiger partial charge on any atom is 0.0161 e. The zero-order valence-electron chi connectivity index (χ0n) is 5.68. The van der Waals surface area contributed by atoms with E-state index in [2.05, 4.69) is 11.5 Å². The Bertz CT molecular complexity index is 86.9. The van der Waals surface area contributed by atoms with Crippen molar-refractivity contribution in [1.82, 2.24) is 4.90 Å². The lowest BCUT2D eigenvalue weighted by Crippen LogP contribution is -2.32. The van der Waals surface area contributed by atoms with E-state index in [9.17, 15) is 0 Å². The van der Waals surface area contributed by atoms with Crippen LogP contribution >= 0.6 is 11.8 Å². The van der Waals surface area contributed by atoms with Gasteiger partial charge in [-0.1, -0.05) is 6.08 Å². The topological polar surface area (TPSA) is 3.24 Å². The fourth-order valence-electron chi connectivity index (χ4n) is 0.966. The molecule has 0 spiro atoms. The molecular formula is C7H13NS. The second-order valence-corrected chi connectivity index (χ2v) is 3.43. The van der Waals surface area contributed by atoms with Crippen molar-refractivity contribution < 1.29 is 0 Å². The summed E-state index contributed by atoms with van der Waals surface area (Å²) in [7, 11) is 0. The van der Waals surface area contributed by atoms with Gasteiger partial charge in [0.05, 0.1) is 0 Å². The summed E-state index contributed by atoms with van der Waals surface area (Å²) >= 11 is 2.05. The standard InChI is InChI=1S/C7H13NS/c1-2-3-8-4-6-9-7-5-8/h2H,1,3-7H2. The summed E-state index contributed by atoms with van der Waals surface area (Å²) in [6, 6.07) is 0. The van der Waals surface area contributed by atoms with Gasteiger partial charge in [0.2, 0.25) is 0 Å². The first-order valence-electron chi connectivity index (χ1n) is 3.34. The first-order chi connectivity index (χ1) is 4.43. The van der Waals surface area contributed by atoms with E-state index in [0.29, 0.717) is 0 Å². The van der Waals surface area contributed by atoms with Crippen LogP contribution in [0, 0.1) is 0 Å². The van der Waals surface area contributed by atoms with Crippen molar-refractivity contribution in [2.45, 2.75) is 0 Å². The second kappa shape index (κ2) is 3.96. The lowest BCUT2D eigenvalue weighted by Gasteiger charge is -2.24. The van der Waals surface area contributed by atoms with E-state index in [0.717, 1.165) is 6.54 Å². The van der Waals surface area contributed by atoms with Gasteiger partial charge in [-0.05, 0) is 0 Å². The predicted octanol–water partition coefficient (Wildman–Crippen LogP) is 1.22. The van der Waals surface area contributed by atoms with Crippen molar-refractivity contribution in [3.63, 3.8) is 0 Å². The van der Waals surface area contributed by atoms with E-state index < -0.39 is 0 Å². The van der Waals surface area contributed by atoms with Crippen molar-refractivity contribution in [3.05, 3.63) is 12.7 Å². The summed E-state index contributed by atoms with van der Waals surface area (Å²) in [5, 5.41) is 0. The summed E-state index contributed by atoms with van der Waals surface area (Å²) in [5.41, 5.74) is 0. The van der Waals surface area contributed by atoms with Gasteiger partial charge in [-0.3, -0.25) is 4.90 Å². The van der Waals surface area contributed by atoms with E-state index in [1.165, 1.54) is 24.6 Å². The first-order valence-corrected chi connectivity index (χ1v) is 4.50. The molecule has 1 heterocycles. The molecular weight excluding hydrogens is 130 g/mol. The molecule has 1 rings (SSSR count). The summed E-state index contributed by atoms with van der Waals surface area (Å²) in [5.74, 6) is 2.60. The maximum absolute atomic E-state index is 3.71. The first kappa shape index (κ1) is 7.16. The zero-order valence-corrected chi connectivity index (χ0v) is 6.49. The number of hydrogen-bond acceptors (Lipinski definition) is 2. The van der Waals surface area contributed by atoms with Crippen LogP contribution in [0.3, 0.4) is 0 Å². The predicted molar refractivity (Wildman–Crippen MR) is 44.0 cm³/mol. The molecule has 1 aliphatic heterocycles. The fraction of sp³-hybridized carbons (Fsp3) is 0.714. The molecule has 0 amide bonds. The van der Waals surface area contributed by atoms with E-state index in [1.807, 2.05) is 17.8 Å². The van der Waals surface area contributed by atoms with Gasteiger partial charge < -0.3 is 0 Å². The minimum atomic E-state index is 1.07. The van der Waals surface area contributed by atoms with Gasteiger partial charge in [-0.2, -0.15) is 11.8 Å². The zero-order chi connectivity index (χ0) is 6.53. The second-order valence-electron chi connectivity index (χ2n) is 2.20. The van der Waals surface area contributed by atoms with Crippen molar-refractivity contribution in [2.24, 2.45) is 0 Å². The van der Waals surface area contributed by atoms with E-state index in [-0.39, 0.29) is 0 Å². The quantitative estimate of drug-likeness (QED) is 0.535. The van der Waals surface area contributed by atoms with E-state index in [1.54, 1.807) is 0 Å². The van der Waals surface area contributed by atoms with Gasteiger partial charge in [-0.25, -0.2) is 0 Å². The highest BCUT2D eigenvalue weighted by Crippen LogP contribution is 2.07. The van der Waals surface area contributed by atoms with Crippen LogP contribution in [0.15, 0.2) is 12.7 Å². The highest BCUT2D eigenvalue weighted by atomic mass is 32.2. The molecule has 0 aromatic rings. The van der Waals surface area contributed by atoms with Crippen LogP contribution < -0.4 is 0 Å². The summed E-state index contributed by atoms with van der Waals surface area (Å²) in [6.07, 6.45) is 1.98. The van der Waals surface area contributed by atoms with Gasteiger partial charge in [0, 0.05) is 31.1 Å². The van der Waals surface area contributed by atoms with E-state index in [4.69, 9.17) is 0 Å². The fourth-order valence-corrected chi connectivity index (χ4v) is 1.95. The van der Waals surface area contributed by atoms with Crippen LogP contribution in [0.25, 0.3) is 0 Å². The molecule has 0 radical (unpaired) electrons. The maximum atomic E-state index is 3.71. The van der Waals surface area contributed by atoms with Crippen molar-refractivity contribution in [2.75, 3.05) is 31.1 Å². The van der Waals surface area contributed by atoms with Crippen molar-refractivity contribution in [3.8, 4) is 0 Å². The molecule has 0 aliphatic carbocycles. The largest absolute Gasteiger partial charge is 0.298 e. The molecule has 52 valence electrons. The molecule has 1 nitrogen and oxygen atoms in total. The summed E-state index contributed by atoms with van der Waals surface area (Å²) in [6.45, 7) is 7.27. The number of hydrogen-bond donors (Lipinski definition) is 0. The molecule has 1 saturated heterocycles. The van der Waals surface area contributed by atoms with Crippen LogP contribution in [0.2, 0.25) is 0 Å². The third-order valence-corrected chi connectivity index (χ3v) is 2.43. The minimum Gasteiger partial charge on any atom is -0.298 e. The average Bonchev–Trinajstić information content (AvgIpc) is 1.91. The Morgan fingerprint density at radius 3 is 2.67 bits per heavy atom. The molecule has 0 bridgehead atoms. The third kappa shape index (κ3) is 2.41. The Kier molecular flexibility index (Phi) is 3.15. The van der Waals surface area contributed by atoms with Crippen molar-refractivity contribution in [1.29, 1.82) is 0 Å². The van der Waals surface area contributed by atoms with Crippen LogP contribution in [-0.4, -0.2) is 36.0 Å². The van der Waals surface area contributed by atoms with E-state index >= 15 is 0 Å². The molecule has 0 atom stereocenters. The normalized spacial score (nSPS) is 21.8. The molecule has 0 N–H and O–H groups in total. The minimum absolute atomic E-state index is 1.07. The molecule has 0 aromatic carbocycles. The summed E-state index contributed by atoms with van der Waals surface area (Å²) in [4.78, 5) is 2.43. The Labute approximate surface area is 61.1 Å². The summed E-state index contributed by atoms with van der Waals surface area (Å²) < 4.78 is 0. The Hall–Kier alpha value is 0.0500. The van der Waals surface area contributed by atoms with Gasteiger partial charge >= 0.3 is 0 Å². The molecule has 9 heavy (non-hydrogen) atoms. The molecule has 1 aliphatic rings. The highest BCUT2D eigenvalue weighted by molar-refractivity contribution is 7.99. The lowest BCUT2D eigenvalue weighted by atomic mass is 10.4. The number of thioether (sulfide) groups is 1. The third-order valence-electron chi connectivity index (χ3n) is 1.49. The number of rotatable bonds is 2. The van der Waals surface area contributed by atoms with Crippen LogP contribution in [-0.2, 0) is 0 Å². The van der Waals surface area contributed by atoms with Gasteiger partial charge in [0.1, 0.15) is 0 Å². The average molecular weight is 143 g/mol. The molecule has 1 fully saturated rings. The molecule has 0 saturated carbocycles. The Morgan fingerprint density at radius 2 is 2.11 bits per heavy atom. The van der Waals surface area contributed by atoms with Gasteiger partial charge in [-0.15, -0.1) is 6.58 Å².